The van der Waals surface area contributed by atoms with Gasteiger partial charge in [0, 0.05) is 6.42 Å². The van der Waals surface area contributed by atoms with Crippen LogP contribution in [0.25, 0.3) is 0 Å². The van der Waals surface area contributed by atoms with Crippen molar-refractivity contribution in [1.82, 2.24) is 0 Å². The summed E-state index contributed by atoms with van der Waals surface area (Å²) >= 11 is 0. The molecule has 0 radical (unpaired) electrons. The molecule has 4 heterocycles. The van der Waals surface area contributed by atoms with Gasteiger partial charge in [0.25, 0.3) is 0 Å². The van der Waals surface area contributed by atoms with Crippen LogP contribution in [-0.4, -0.2) is 41.1 Å². The molecule has 120 valence electrons. The SMILES string of the molecule is CC1(C)O[C@@]2(C)O[C@]3(C)C[C@@H]4CO[P@](O4)O[C@]3(C)[C@@]2(C)O1. The van der Waals surface area contributed by atoms with Crippen LogP contribution in [0.5, 0.6) is 0 Å². The van der Waals surface area contributed by atoms with E-state index in [9.17, 15) is 0 Å². The number of fused-ring (bicyclic) bond motifs is 5. The molecule has 0 aromatic heterocycles. The molecule has 0 aliphatic carbocycles. The van der Waals surface area contributed by atoms with Gasteiger partial charge < -0.3 is 23.3 Å². The highest BCUT2D eigenvalue weighted by molar-refractivity contribution is 7.42. The lowest BCUT2D eigenvalue weighted by Crippen LogP contribution is -2.62. The zero-order valence-electron chi connectivity index (χ0n) is 13.4. The lowest BCUT2D eigenvalue weighted by atomic mass is 9.72. The van der Waals surface area contributed by atoms with E-state index < -0.39 is 37.0 Å². The van der Waals surface area contributed by atoms with E-state index in [1.54, 1.807) is 0 Å². The summed E-state index contributed by atoms with van der Waals surface area (Å²) in [5, 5.41) is 0. The van der Waals surface area contributed by atoms with Gasteiger partial charge in [-0.05, 0) is 41.5 Å². The smallest absolute Gasteiger partial charge is 0.333 e. The van der Waals surface area contributed by atoms with Gasteiger partial charge in [-0.25, -0.2) is 0 Å². The van der Waals surface area contributed by atoms with Gasteiger partial charge in [-0.2, -0.15) is 0 Å². The summed E-state index contributed by atoms with van der Waals surface area (Å²) in [6.07, 6.45) is 0.697. The molecule has 6 nitrogen and oxygen atoms in total. The Hall–Kier alpha value is 0.190. The first-order chi connectivity index (χ1) is 9.53. The molecule has 4 aliphatic heterocycles. The Labute approximate surface area is 126 Å². The van der Waals surface area contributed by atoms with Crippen molar-refractivity contribution in [3.8, 4) is 0 Å². The third kappa shape index (κ3) is 1.62. The van der Waals surface area contributed by atoms with Gasteiger partial charge in [0.05, 0.1) is 12.7 Å². The van der Waals surface area contributed by atoms with Gasteiger partial charge in [-0.1, -0.05) is 0 Å². The van der Waals surface area contributed by atoms with Gasteiger partial charge in [0.15, 0.2) is 11.4 Å². The Morgan fingerprint density at radius 1 is 0.905 bits per heavy atom. The second-order valence-electron chi connectivity index (χ2n) is 7.49. The molecule has 4 aliphatic rings. The molecule has 0 amide bonds. The van der Waals surface area contributed by atoms with Gasteiger partial charge in [0.1, 0.15) is 11.2 Å². The van der Waals surface area contributed by atoms with E-state index in [1.165, 1.54) is 0 Å². The van der Waals surface area contributed by atoms with E-state index in [2.05, 4.69) is 6.92 Å². The van der Waals surface area contributed by atoms with Crippen molar-refractivity contribution in [2.75, 3.05) is 6.61 Å². The first-order valence-corrected chi connectivity index (χ1v) is 8.52. The summed E-state index contributed by atoms with van der Waals surface area (Å²) in [5.74, 6) is -1.59. The minimum Gasteiger partial charge on any atom is -0.338 e. The molecule has 4 saturated heterocycles. The first-order valence-electron chi connectivity index (χ1n) is 7.42. The largest absolute Gasteiger partial charge is 0.338 e. The fraction of sp³-hybridized carbons (Fsp3) is 1.00. The fourth-order valence-electron chi connectivity index (χ4n) is 4.33. The maximum absolute atomic E-state index is 6.44. The van der Waals surface area contributed by atoms with Crippen LogP contribution in [0.15, 0.2) is 0 Å². The van der Waals surface area contributed by atoms with Crippen LogP contribution in [0, 0.1) is 0 Å². The second-order valence-corrected chi connectivity index (χ2v) is 8.59. The molecule has 0 saturated carbocycles. The molecule has 0 aromatic rings. The first kappa shape index (κ1) is 14.8. The highest BCUT2D eigenvalue weighted by atomic mass is 31.2. The zero-order valence-corrected chi connectivity index (χ0v) is 14.3. The molecular weight excluding hydrogens is 295 g/mol. The molecule has 4 rings (SSSR count). The summed E-state index contributed by atoms with van der Waals surface area (Å²) in [6, 6.07) is 0. The van der Waals surface area contributed by atoms with Crippen LogP contribution in [0.4, 0.5) is 0 Å². The van der Waals surface area contributed by atoms with Crippen LogP contribution in [0.2, 0.25) is 0 Å². The van der Waals surface area contributed by atoms with Gasteiger partial charge in [0.2, 0.25) is 5.79 Å². The van der Waals surface area contributed by atoms with Crippen molar-refractivity contribution in [2.24, 2.45) is 0 Å². The predicted molar refractivity (Wildman–Crippen MR) is 74.4 cm³/mol. The summed E-state index contributed by atoms with van der Waals surface area (Å²) in [7, 11) is -1.36. The molecular formula is C14H23O6P. The Morgan fingerprint density at radius 2 is 1.62 bits per heavy atom. The molecule has 0 spiro atoms. The monoisotopic (exact) mass is 318 g/mol. The zero-order chi connectivity index (χ0) is 15.3. The summed E-state index contributed by atoms with van der Waals surface area (Å²) in [6.45, 7) is 12.4. The van der Waals surface area contributed by atoms with E-state index in [4.69, 9.17) is 27.8 Å². The van der Waals surface area contributed by atoms with Gasteiger partial charge in [-0.15, -0.1) is 0 Å². The van der Waals surface area contributed by atoms with Gasteiger partial charge in [-0.3, -0.25) is 4.52 Å². The molecule has 7 heteroatoms. The lowest BCUT2D eigenvalue weighted by Gasteiger charge is -2.45. The Kier molecular flexibility index (Phi) is 2.68. The van der Waals surface area contributed by atoms with Crippen LogP contribution in [0.1, 0.15) is 48.0 Å². The summed E-state index contributed by atoms with van der Waals surface area (Å²) in [5.41, 5.74) is -2.03. The van der Waals surface area contributed by atoms with Crippen molar-refractivity contribution in [1.29, 1.82) is 0 Å². The molecule has 6 atom stereocenters. The molecule has 2 bridgehead atoms. The normalized spacial score (nSPS) is 61.4. The highest BCUT2D eigenvalue weighted by Gasteiger charge is 2.81. The Bertz CT molecular complexity index is 500. The van der Waals surface area contributed by atoms with E-state index >= 15 is 0 Å². The number of hydrogen-bond acceptors (Lipinski definition) is 6. The van der Waals surface area contributed by atoms with E-state index in [0.29, 0.717) is 13.0 Å². The van der Waals surface area contributed by atoms with Crippen molar-refractivity contribution in [3.05, 3.63) is 0 Å². The van der Waals surface area contributed by atoms with Gasteiger partial charge >= 0.3 is 8.60 Å². The summed E-state index contributed by atoms with van der Waals surface area (Å²) < 4.78 is 36.6. The topological polar surface area (TPSA) is 55.4 Å². The standard InChI is InChI=1S/C14H23O6P/c1-10(2)17-13(5)12(4)11(3,19-14(13,6)18-10)7-9-8-15-21(16-9)20-12/h9H,7-8H2,1-6H3/t9-,11-,12+,13-,14+,21-/m1/s1. The average molecular weight is 318 g/mol. The van der Waals surface area contributed by atoms with E-state index in [1.807, 2.05) is 34.6 Å². The van der Waals surface area contributed by atoms with Crippen LogP contribution in [-0.2, 0) is 27.8 Å². The number of ether oxygens (including phenoxy) is 3. The molecule has 0 unspecified atom stereocenters. The molecule has 0 N–H and O–H groups in total. The molecule has 4 fully saturated rings. The van der Waals surface area contributed by atoms with E-state index in [0.717, 1.165) is 0 Å². The second kappa shape index (κ2) is 3.81. The van der Waals surface area contributed by atoms with Crippen molar-refractivity contribution < 1.29 is 27.8 Å². The van der Waals surface area contributed by atoms with Crippen LogP contribution < -0.4 is 0 Å². The molecule has 0 aromatic carbocycles. The summed E-state index contributed by atoms with van der Waals surface area (Å²) in [4.78, 5) is 0. The number of rotatable bonds is 0. The van der Waals surface area contributed by atoms with E-state index in [-0.39, 0.29) is 6.10 Å². The quantitative estimate of drug-likeness (QED) is 0.640. The van der Waals surface area contributed by atoms with Crippen molar-refractivity contribution >= 4 is 8.60 Å². The maximum atomic E-state index is 6.44. The Balaban J connectivity index is 1.83. The lowest BCUT2D eigenvalue weighted by molar-refractivity contribution is -0.284. The van der Waals surface area contributed by atoms with Crippen molar-refractivity contribution in [3.63, 3.8) is 0 Å². The third-order valence-electron chi connectivity index (χ3n) is 5.57. The van der Waals surface area contributed by atoms with Crippen molar-refractivity contribution in [2.45, 2.75) is 82.4 Å². The Morgan fingerprint density at radius 3 is 2.33 bits per heavy atom. The maximum Gasteiger partial charge on any atom is 0.333 e. The average Bonchev–Trinajstić information content (AvgIpc) is 2.78. The number of hydrogen-bond donors (Lipinski definition) is 0. The predicted octanol–water partition coefficient (Wildman–Crippen LogP) is 2.85. The molecule has 21 heavy (non-hydrogen) atoms. The fourth-order valence-corrected chi connectivity index (χ4v) is 5.82. The minimum absolute atomic E-state index is 0.00183. The van der Waals surface area contributed by atoms with Crippen LogP contribution in [0.3, 0.4) is 0 Å². The third-order valence-corrected chi connectivity index (χ3v) is 6.92. The minimum atomic E-state index is -1.36. The van der Waals surface area contributed by atoms with Crippen LogP contribution >= 0.6 is 8.60 Å². The highest BCUT2D eigenvalue weighted by Crippen LogP contribution is 2.69.